The highest BCUT2D eigenvalue weighted by atomic mass is 16.3. The van der Waals surface area contributed by atoms with Gasteiger partial charge in [-0.05, 0) is 35.2 Å². The number of aliphatic hydroxyl groups excluding tert-OH is 1. The highest BCUT2D eigenvalue weighted by Crippen LogP contribution is 2.44. The molecule has 0 aliphatic carbocycles. The summed E-state index contributed by atoms with van der Waals surface area (Å²) in [6.45, 7) is 1.85. The lowest BCUT2D eigenvalue weighted by atomic mass is 9.73. The van der Waals surface area contributed by atoms with Crippen LogP contribution in [-0.2, 0) is 11.2 Å². The summed E-state index contributed by atoms with van der Waals surface area (Å²) in [5.74, 6) is -0.409. The molecule has 1 aliphatic heterocycles. The Hall–Kier alpha value is -3.49. The SMILES string of the molecule is Cc1ccc(-c2ccccc2[C@H]2[C@@H](C#N)N(C(=O)Cc3cccnc3)[C@@H]2CO)cc1. The maximum absolute atomic E-state index is 12.9. The third-order valence-electron chi connectivity index (χ3n) is 5.78. The second-order valence-electron chi connectivity index (χ2n) is 7.64. The molecule has 0 saturated carbocycles. The average Bonchev–Trinajstić information content (AvgIpc) is 2.75. The molecule has 0 spiro atoms. The van der Waals surface area contributed by atoms with Crippen molar-refractivity contribution >= 4 is 5.91 Å². The van der Waals surface area contributed by atoms with Crippen molar-refractivity contribution < 1.29 is 9.90 Å². The molecule has 0 bridgehead atoms. The van der Waals surface area contributed by atoms with E-state index < -0.39 is 12.1 Å². The second kappa shape index (κ2) is 8.48. The number of benzene rings is 2. The first-order valence-corrected chi connectivity index (χ1v) is 10.0. The van der Waals surface area contributed by atoms with Gasteiger partial charge in [0, 0.05) is 18.3 Å². The Morgan fingerprint density at radius 1 is 1.13 bits per heavy atom. The van der Waals surface area contributed by atoms with Crippen LogP contribution in [0.2, 0.25) is 0 Å². The van der Waals surface area contributed by atoms with Crippen LogP contribution in [0.25, 0.3) is 11.1 Å². The summed E-state index contributed by atoms with van der Waals surface area (Å²) in [6, 6.07) is 21.1. The van der Waals surface area contributed by atoms with Gasteiger partial charge in [-0.1, -0.05) is 60.2 Å². The minimum atomic E-state index is -0.613. The number of likely N-dealkylation sites (tertiary alicyclic amines) is 1. The average molecular weight is 397 g/mol. The van der Waals surface area contributed by atoms with Gasteiger partial charge in [-0.25, -0.2) is 0 Å². The standard InChI is InChI=1S/C25H23N3O2/c1-17-8-10-19(11-9-17)20-6-2-3-7-21(20)25-22(14-26)28(23(25)16-29)24(30)13-18-5-4-12-27-15-18/h2-12,15,22-23,25,29H,13,16H2,1H3/t22-,23-,25+/m1/s1. The summed E-state index contributed by atoms with van der Waals surface area (Å²) in [6.07, 6.45) is 3.47. The van der Waals surface area contributed by atoms with Crippen molar-refractivity contribution in [2.45, 2.75) is 31.3 Å². The zero-order valence-electron chi connectivity index (χ0n) is 16.8. The zero-order valence-corrected chi connectivity index (χ0v) is 16.8. The third-order valence-corrected chi connectivity index (χ3v) is 5.78. The molecule has 150 valence electrons. The number of nitrogens with zero attached hydrogens (tertiary/aromatic N) is 3. The predicted molar refractivity (Wildman–Crippen MR) is 114 cm³/mol. The number of rotatable bonds is 5. The number of nitriles is 1. The summed E-state index contributed by atoms with van der Waals surface area (Å²) >= 11 is 0. The van der Waals surface area contributed by atoms with Gasteiger partial charge in [0.2, 0.25) is 5.91 Å². The summed E-state index contributed by atoms with van der Waals surface area (Å²) in [5, 5.41) is 20.0. The molecule has 0 radical (unpaired) electrons. The molecule has 1 aromatic heterocycles. The Balaban J connectivity index is 1.65. The Morgan fingerprint density at radius 2 is 1.90 bits per heavy atom. The van der Waals surface area contributed by atoms with Gasteiger partial charge in [-0.2, -0.15) is 5.26 Å². The lowest BCUT2D eigenvalue weighted by Gasteiger charge is -2.52. The molecular formula is C25H23N3O2. The summed E-state index contributed by atoms with van der Waals surface area (Å²) in [4.78, 5) is 18.5. The molecule has 5 nitrogen and oxygen atoms in total. The van der Waals surface area contributed by atoms with Crippen LogP contribution >= 0.6 is 0 Å². The Morgan fingerprint density at radius 3 is 2.57 bits per heavy atom. The van der Waals surface area contributed by atoms with Gasteiger partial charge in [0.05, 0.1) is 25.1 Å². The number of carbonyl (C=O) groups excluding carboxylic acids is 1. The van der Waals surface area contributed by atoms with Crippen LogP contribution in [0.3, 0.4) is 0 Å². The van der Waals surface area contributed by atoms with E-state index in [1.165, 1.54) is 10.5 Å². The first kappa shape index (κ1) is 19.8. The lowest BCUT2D eigenvalue weighted by Crippen LogP contribution is -2.65. The molecule has 0 unspecified atom stereocenters. The fraction of sp³-hybridized carbons (Fsp3) is 0.240. The number of amides is 1. The summed E-state index contributed by atoms with van der Waals surface area (Å²) < 4.78 is 0. The minimum Gasteiger partial charge on any atom is -0.394 e. The Labute approximate surface area is 176 Å². The molecule has 3 aromatic rings. The number of aliphatic hydroxyl groups is 1. The lowest BCUT2D eigenvalue weighted by molar-refractivity contribution is -0.146. The first-order chi connectivity index (χ1) is 14.6. The molecule has 3 atom stereocenters. The maximum atomic E-state index is 12.9. The first-order valence-electron chi connectivity index (χ1n) is 10.0. The van der Waals surface area contributed by atoms with Crippen molar-refractivity contribution in [3.8, 4) is 17.2 Å². The predicted octanol–water partition coefficient (Wildman–Crippen LogP) is 3.48. The quantitative estimate of drug-likeness (QED) is 0.715. The van der Waals surface area contributed by atoms with E-state index in [0.717, 1.165) is 22.3 Å². The molecule has 2 aromatic carbocycles. The zero-order chi connectivity index (χ0) is 21.1. The highest BCUT2D eigenvalue weighted by Gasteiger charge is 2.52. The summed E-state index contributed by atoms with van der Waals surface area (Å²) in [5.41, 5.74) is 5.04. The summed E-state index contributed by atoms with van der Waals surface area (Å²) in [7, 11) is 0. The topological polar surface area (TPSA) is 77.2 Å². The van der Waals surface area contributed by atoms with E-state index in [2.05, 4.69) is 35.3 Å². The number of aromatic nitrogens is 1. The van der Waals surface area contributed by atoms with Crippen LogP contribution in [0, 0.1) is 18.3 Å². The van der Waals surface area contributed by atoms with E-state index in [1.807, 2.05) is 37.3 Å². The van der Waals surface area contributed by atoms with E-state index in [4.69, 9.17) is 0 Å². The van der Waals surface area contributed by atoms with E-state index in [0.29, 0.717) is 0 Å². The van der Waals surface area contributed by atoms with Crippen molar-refractivity contribution in [1.82, 2.24) is 9.88 Å². The fourth-order valence-corrected chi connectivity index (χ4v) is 4.28. The maximum Gasteiger partial charge on any atom is 0.228 e. The minimum absolute atomic E-state index is 0.162. The fourth-order valence-electron chi connectivity index (χ4n) is 4.28. The normalized spacial score (nSPS) is 20.3. The van der Waals surface area contributed by atoms with Gasteiger partial charge in [0.25, 0.3) is 0 Å². The van der Waals surface area contributed by atoms with Crippen LogP contribution < -0.4 is 0 Å². The van der Waals surface area contributed by atoms with E-state index in [1.54, 1.807) is 18.5 Å². The van der Waals surface area contributed by atoms with Crippen molar-refractivity contribution in [1.29, 1.82) is 5.26 Å². The van der Waals surface area contributed by atoms with Gasteiger partial charge in [0.15, 0.2) is 0 Å². The van der Waals surface area contributed by atoms with Crippen LogP contribution in [0.1, 0.15) is 22.6 Å². The monoisotopic (exact) mass is 397 g/mol. The van der Waals surface area contributed by atoms with Crippen molar-refractivity contribution in [2.24, 2.45) is 0 Å². The number of pyridine rings is 1. The van der Waals surface area contributed by atoms with Crippen molar-refractivity contribution in [3.05, 3.63) is 89.7 Å². The number of hydrogen-bond donors (Lipinski definition) is 1. The molecule has 30 heavy (non-hydrogen) atoms. The largest absolute Gasteiger partial charge is 0.394 e. The van der Waals surface area contributed by atoms with Crippen LogP contribution in [0.5, 0.6) is 0 Å². The highest BCUT2D eigenvalue weighted by molar-refractivity contribution is 5.82. The van der Waals surface area contributed by atoms with Crippen LogP contribution in [-0.4, -0.2) is 39.6 Å². The number of carbonyl (C=O) groups is 1. The number of aryl methyl sites for hydroxylation is 1. The molecule has 1 N–H and O–H groups in total. The van der Waals surface area contributed by atoms with Gasteiger partial charge in [-0.3, -0.25) is 9.78 Å². The molecule has 2 heterocycles. The van der Waals surface area contributed by atoms with E-state index in [-0.39, 0.29) is 24.9 Å². The van der Waals surface area contributed by atoms with Gasteiger partial charge in [0.1, 0.15) is 6.04 Å². The van der Waals surface area contributed by atoms with Crippen LogP contribution in [0.4, 0.5) is 0 Å². The van der Waals surface area contributed by atoms with Crippen LogP contribution in [0.15, 0.2) is 73.1 Å². The van der Waals surface area contributed by atoms with Crippen molar-refractivity contribution in [2.75, 3.05) is 6.61 Å². The molecule has 1 aliphatic rings. The van der Waals surface area contributed by atoms with Gasteiger partial charge in [-0.15, -0.1) is 0 Å². The van der Waals surface area contributed by atoms with E-state index in [9.17, 15) is 15.2 Å². The molecular weight excluding hydrogens is 374 g/mol. The number of hydrogen-bond acceptors (Lipinski definition) is 4. The van der Waals surface area contributed by atoms with Gasteiger partial charge < -0.3 is 10.0 Å². The Kier molecular flexibility index (Phi) is 5.60. The van der Waals surface area contributed by atoms with E-state index >= 15 is 0 Å². The molecule has 1 fully saturated rings. The molecule has 5 heteroatoms. The smallest absolute Gasteiger partial charge is 0.228 e. The molecule has 4 rings (SSSR count). The third kappa shape index (κ3) is 3.58. The van der Waals surface area contributed by atoms with Crippen molar-refractivity contribution in [3.63, 3.8) is 0 Å². The second-order valence-corrected chi connectivity index (χ2v) is 7.64. The Bertz CT molecular complexity index is 1070. The molecule has 1 amide bonds. The van der Waals surface area contributed by atoms with Gasteiger partial charge >= 0.3 is 0 Å². The molecule has 1 saturated heterocycles.